The van der Waals surface area contributed by atoms with Gasteiger partial charge in [-0.1, -0.05) is 104 Å². The number of hydrogen-bond donors (Lipinski definition) is 0. The number of aromatic nitrogens is 1. The van der Waals surface area contributed by atoms with E-state index in [0.717, 1.165) is 48.1 Å². The Morgan fingerprint density at radius 1 is 0.900 bits per heavy atom. The monoisotopic (exact) mass is 671 g/mol. The first-order chi connectivity index (χ1) is 19.4. The molecule has 0 saturated carbocycles. The molecule has 0 aliphatic carbocycles. The van der Waals surface area contributed by atoms with E-state index < -0.39 is 0 Å². The summed E-state index contributed by atoms with van der Waals surface area (Å²) >= 11 is 8.62. The lowest BCUT2D eigenvalue weighted by Crippen LogP contribution is -2.28. The average molecular weight is 673 g/mol. The second kappa shape index (κ2) is 11.8. The molecule has 1 amide bonds. The minimum absolute atomic E-state index is 0.00688. The zero-order valence-electron chi connectivity index (χ0n) is 21.9. The highest BCUT2D eigenvalue weighted by molar-refractivity contribution is 9.10. The molecule has 1 atom stereocenters. The number of carbonyl (C=O) groups excluding carboxylic acids is 1. The molecule has 5 aromatic rings. The molecule has 1 aliphatic rings. The van der Waals surface area contributed by atoms with Crippen LogP contribution in [0.2, 0.25) is 0 Å². The Balaban J connectivity index is 1.25. The summed E-state index contributed by atoms with van der Waals surface area (Å²) in [6.45, 7) is 2.85. The molecule has 1 aliphatic heterocycles. The van der Waals surface area contributed by atoms with E-state index in [9.17, 15) is 4.79 Å². The van der Waals surface area contributed by atoms with E-state index in [4.69, 9.17) is 5.10 Å². The summed E-state index contributed by atoms with van der Waals surface area (Å²) in [5, 5.41) is 7.74. The van der Waals surface area contributed by atoms with Crippen molar-refractivity contribution < 1.29 is 4.79 Å². The minimum atomic E-state index is -0.119. The molecule has 0 bridgehead atoms. The van der Waals surface area contributed by atoms with Crippen molar-refractivity contribution in [3.8, 4) is 0 Å². The van der Waals surface area contributed by atoms with Gasteiger partial charge in [-0.25, -0.2) is 5.01 Å². The third-order valence-electron chi connectivity index (χ3n) is 7.17. The SMILES string of the molecule is Cc1ccc(C2CC(c3ccc(Br)cc3)=NN2C(=O)CSc2cn(Cc3ccc(Br)cc3)c3ccccc23)cc1. The number of nitrogens with zero attached hydrogens (tertiary/aromatic N) is 3. The minimum Gasteiger partial charge on any atom is -0.342 e. The van der Waals surface area contributed by atoms with Crippen LogP contribution in [0.1, 0.15) is 34.7 Å². The molecule has 2 heterocycles. The van der Waals surface area contributed by atoms with Gasteiger partial charge in [-0.05, 0) is 53.9 Å². The molecule has 200 valence electrons. The summed E-state index contributed by atoms with van der Waals surface area (Å²) in [4.78, 5) is 14.8. The first-order valence-corrected chi connectivity index (χ1v) is 15.7. The Bertz CT molecular complexity index is 1690. The molecule has 0 saturated heterocycles. The Morgan fingerprint density at radius 3 is 2.30 bits per heavy atom. The maximum Gasteiger partial charge on any atom is 0.253 e. The lowest BCUT2D eigenvalue weighted by molar-refractivity contribution is -0.130. The predicted octanol–water partition coefficient (Wildman–Crippen LogP) is 8.99. The normalized spacial score (nSPS) is 15.0. The van der Waals surface area contributed by atoms with E-state index in [1.165, 1.54) is 11.1 Å². The van der Waals surface area contributed by atoms with Gasteiger partial charge in [0.15, 0.2) is 0 Å². The third-order valence-corrected chi connectivity index (χ3v) is 9.26. The number of amides is 1. The fraction of sp³-hybridized carbons (Fsp3) is 0.152. The molecular formula is C33H27Br2N3OS. The summed E-state index contributed by atoms with van der Waals surface area (Å²) in [6.07, 6.45) is 2.86. The summed E-state index contributed by atoms with van der Waals surface area (Å²) < 4.78 is 4.36. The second-order valence-corrected chi connectivity index (χ2v) is 12.8. The van der Waals surface area contributed by atoms with Gasteiger partial charge in [0.05, 0.1) is 17.5 Å². The van der Waals surface area contributed by atoms with Crippen LogP contribution in [-0.4, -0.2) is 26.9 Å². The van der Waals surface area contributed by atoms with Crippen LogP contribution in [0.4, 0.5) is 0 Å². The molecule has 1 aromatic heterocycles. The summed E-state index contributed by atoms with van der Waals surface area (Å²) in [6, 6.07) is 33.3. The van der Waals surface area contributed by atoms with Crippen molar-refractivity contribution in [1.29, 1.82) is 0 Å². The van der Waals surface area contributed by atoms with E-state index in [0.29, 0.717) is 12.2 Å². The van der Waals surface area contributed by atoms with Crippen LogP contribution in [0.15, 0.2) is 122 Å². The second-order valence-electron chi connectivity index (χ2n) is 9.98. The van der Waals surface area contributed by atoms with Crippen molar-refractivity contribution in [2.24, 2.45) is 5.10 Å². The lowest BCUT2D eigenvalue weighted by Gasteiger charge is -2.22. The van der Waals surface area contributed by atoms with Crippen LogP contribution in [0.3, 0.4) is 0 Å². The summed E-state index contributed by atoms with van der Waals surface area (Å²) in [5.41, 5.74) is 6.66. The van der Waals surface area contributed by atoms with Crippen molar-refractivity contribution in [3.63, 3.8) is 0 Å². The number of para-hydroxylation sites is 1. The molecule has 0 N–H and O–H groups in total. The Labute approximate surface area is 255 Å². The number of rotatable bonds is 7. The molecular weight excluding hydrogens is 646 g/mol. The van der Waals surface area contributed by atoms with Crippen LogP contribution in [-0.2, 0) is 11.3 Å². The highest BCUT2D eigenvalue weighted by Gasteiger charge is 2.33. The topological polar surface area (TPSA) is 37.6 Å². The van der Waals surface area contributed by atoms with E-state index in [1.807, 2.05) is 12.1 Å². The van der Waals surface area contributed by atoms with Gasteiger partial charge in [0.2, 0.25) is 0 Å². The van der Waals surface area contributed by atoms with Crippen LogP contribution >= 0.6 is 43.6 Å². The standard InChI is InChI=1S/C33H27Br2N3OS/c1-22-6-10-25(11-7-22)31-18-29(24-12-16-27(35)17-13-24)36-38(31)33(39)21-40-32-20-37(30-5-3-2-4-28(30)32)19-23-8-14-26(34)15-9-23/h2-17,20,31H,18-19,21H2,1H3. The van der Waals surface area contributed by atoms with Crippen molar-refractivity contribution in [3.05, 3.63) is 134 Å². The predicted molar refractivity (Wildman–Crippen MR) is 172 cm³/mol. The van der Waals surface area contributed by atoms with Crippen molar-refractivity contribution >= 4 is 66.1 Å². The van der Waals surface area contributed by atoms with Gasteiger partial charge in [0.25, 0.3) is 5.91 Å². The van der Waals surface area contributed by atoms with Crippen LogP contribution in [0, 0.1) is 6.92 Å². The van der Waals surface area contributed by atoms with E-state index in [2.05, 4.69) is 134 Å². The Morgan fingerprint density at radius 2 is 1.57 bits per heavy atom. The number of aryl methyl sites for hydroxylation is 1. The zero-order chi connectivity index (χ0) is 27.6. The van der Waals surface area contributed by atoms with Gasteiger partial charge in [-0.15, -0.1) is 11.8 Å². The van der Waals surface area contributed by atoms with Crippen LogP contribution < -0.4 is 0 Å². The first-order valence-electron chi connectivity index (χ1n) is 13.1. The van der Waals surface area contributed by atoms with Crippen LogP contribution in [0.25, 0.3) is 10.9 Å². The number of fused-ring (bicyclic) bond motifs is 1. The van der Waals surface area contributed by atoms with Crippen molar-refractivity contribution in [2.75, 3.05) is 5.75 Å². The van der Waals surface area contributed by atoms with Crippen molar-refractivity contribution in [1.82, 2.24) is 9.58 Å². The quantitative estimate of drug-likeness (QED) is 0.162. The van der Waals surface area contributed by atoms with E-state index in [1.54, 1.807) is 16.8 Å². The molecule has 4 aromatic carbocycles. The molecule has 4 nitrogen and oxygen atoms in total. The molecule has 0 spiro atoms. The largest absolute Gasteiger partial charge is 0.342 e. The Kier molecular flexibility index (Phi) is 7.96. The van der Waals surface area contributed by atoms with Gasteiger partial charge in [-0.2, -0.15) is 5.10 Å². The number of thioether (sulfide) groups is 1. The molecule has 7 heteroatoms. The lowest BCUT2D eigenvalue weighted by atomic mass is 9.98. The van der Waals surface area contributed by atoms with Gasteiger partial charge in [-0.3, -0.25) is 4.79 Å². The van der Waals surface area contributed by atoms with Gasteiger partial charge in [0, 0.05) is 43.9 Å². The molecule has 40 heavy (non-hydrogen) atoms. The number of benzene rings is 4. The average Bonchev–Trinajstić information content (AvgIpc) is 3.56. The number of carbonyl (C=O) groups is 1. The molecule has 6 rings (SSSR count). The number of halogens is 2. The maximum absolute atomic E-state index is 13.7. The first kappa shape index (κ1) is 27.1. The highest BCUT2D eigenvalue weighted by Crippen LogP contribution is 2.36. The maximum atomic E-state index is 13.7. The van der Waals surface area contributed by atoms with Gasteiger partial charge in [0.1, 0.15) is 0 Å². The molecule has 0 fully saturated rings. The number of hydrazone groups is 1. The third kappa shape index (κ3) is 5.82. The fourth-order valence-corrected chi connectivity index (χ4v) is 6.53. The molecule has 1 unspecified atom stereocenters. The highest BCUT2D eigenvalue weighted by atomic mass is 79.9. The fourth-order valence-electron chi connectivity index (χ4n) is 5.06. The summed E-state index contributed by atoms with van der Waals surface area (Å²) in [5.74, 6) is 0.318. The van der Waals surface area contributed by atoms with Gasteiger partial charge >= 0.3 is 0 Å². The smallest absolute Gasteiger partial charge is 0.253 e. The van der Waals surface area contributed by atoms with Crippen molar-refractivity contribution in [2.45, 2.75) is 30.8 Å². The van der Waals surface area contributed by atoms with E-state index >= 15 is 0 Å². The molecule has 0 radical (unpaired) electrons. The van der Waals surface area contributed by atoms with E-state index in [-0.39, 0.29) is 11.9 Å². The zero-order valence-corrected chi connectivity index (χ0v) is 25.9. The summed E-state index contributed by atoms with van der Waals surface area (Å²) in [7, 11) is 0. The Hall–Kier alpha value is -3.13. The van der Waals surface area contributed by atoms with Gasteiger partial charge < -0.3 is 4.57 Å². The van der Waals surface area contributed by atoms with Crippen LogP contribution in [0.5, 0.6) is 0 Å². The number of hydrogen-bond acceptors (Lipinski definition) is 3.